The van der Waals surface area contributed by atoms with E-state index in [1.807, 2.05) is 60.7 Å². The molecular formula is C47H29N3O. The molecule has 0 saturated heterocycles. The minimum absolute atomic E-state index is 0.631. The van der Waals surface area contributed by atoms with E-state index in [1.165, 1.54) is 22.1 Å². The number of aromatic nitrogens is 3. The Morgan fingerprint density at radius 3 is 1.43 bits per heavy atom. The highest BCUT2D eigenvalue weighted by atomic mass is 16.5. The number of para-hydroxylation sites is 1. The Balaban J connectivity index is 1.14. The lowest BCUT2D eigenvalue weighted by atomic mass is 9.87. The SMILES string of the molecule is c1ccc(-c2nc(-c3ccccc3)nc(-c3ccc(-c4cccc5c4Oc4ccc(-c6ccccc6)c6cccc-5c46)c4ccccc34)n2)cc1. The summed E-state index contributed by atoms with van der Waals surface area (Å²) >= 11 is 0. The molecule has 4 heteroatoms. The van der Waals surface area contributed by atoms with Crippen LogP contribution in [0.15, 0.2) is 176 Å². The molecule has 1 aromatic heterocycles. The monoisotopic (exact) mass is 651 g/mol. The summed E-state index contributed by atoms with van der Waals surface area (Å²) in [5, 5.41) is 4.48. The molecule has 0 bridgehead atoms. The van der Waals surface area contributed by atoms with Gasteiger partial charge in [0.2, 0.25) is 0 Å². The van der Waals surface area contributed by atoms with Gasteiger partial charge >= 0.3 is 0 Å². The van der Waals surface area contributed by atoms with E-state index >= 15 is 0 Å². The molecule has 1 aliphatic rings. The summed E-state index contributed by atoms with van der Waals surface area (Å²) in [5.74, 6) is 3.64. The van der Waals surface area contributed by atoms with Gasteiger partial charge in [0.25, 0.3) is 0 Å². The van der Waals surface area contributed by atoms with Crippen LogP contribution in [-0.2, 0) is 0 Å². The molecule has 0 aliphatic carbocycles. The van der Waals surface area contributed by atoms with Gasteiger partial charge in [-0.1, -0.05) is 164 Å². The molecule has 2 heterocycles. The molecule has 51 heavy (non-hydrogen) atoms. The number of nitrogens with zero attached hydrogens (tertiary/aromatic N) is 3. The van der Waals surface area contributed by atoms with Crippen molar-refractivity contribution in [2.75, 3.05) is 0 Å². The van der Waals surface area contributed by atoms with Crippen LogP contribution in [0.3, 0.4) is 0 Å². The first-order valence-corrected chi connectivity index (χ1v) is 17.1. The van der Waals surface area contributed by atoms with Crippen LogP contribution in [-0.4, -0.2) is 15.0 Å². The van der Waals surface area contributed by atoms with E-state index in [4.69, 9.17) is 19.7 Å². The Hall–Kier alpha value is -6.91. The Labute approximate surface area is 295 Å². The molecule has 0 amide bonds. The largest absolute Gasteiger partial charge is 0.455 e. The van der Waals surface area contributed by atoms with Crippen LogP contribution in [0.25, 0.3) is 89.1 Å². The molecule has 238 valence electrons. The zero-order chi connectivity index (χ0) is 33.7. The fourth-order valence-corrected chi connectivity index (χ4v) is 7.39. The molecule has 0 radical (unpaired) electrons. The molecule has 0 saturated carbocycles. The van der Waals surface area contributed by atoms with Crippen LogP contribution in [0.1, 0.15) is 0 Å². The molecule has 4 nitrogen and oxygen atoms in total. The predicted molar refractivity (Wildman–Crippen MR) is 208 cm³/mol. The normalized spacial score (nSPS) is 11.7. The van der Waals surface area contributed by atoms with Crippen molar-refractivity contribution in [1.82, 2.24) is 15.0 Å². The van der Waals surface area contributed by atoms with E-state index in [9.17, 15) is 0 Å². The maximum absolute atomic E-state index is 6.89. The lowest BCUT2D eigenvalue weighted by Crippen LogP contribution is -2.01. The highest BCUT2D eigenvalue weighted by Gasteiger charge is 2.25. The molecule has 8 aromatic carbocycles. The lowest BCUT2D eigenvalue weighted by Gasteiger charge is -2.25. The van der Waals surface area contributed by atoms with Crippen molar-refractivity contribution < 1.29 is 4.74 Å². The maximum atomic E-state index is 6.89. The first kappa shape index (κ1) is 29.0. The van der Waals surface area contributed by atoms with Gasteiger partial charge < -0.3 is 4.74 Å². The van der Waals surface area contributed by atoms with Crippen molar-refractivity contribution in [1.29, 1.82) is 0 Å². The number of rotatable bonds is 5. The van der Waals surface area contributed by atoms with Crippen LogP contribution >= 0.6 is 0 Å². The Morgan fingerprint density at radius 2 is 0.765 bits per heavy atom. The van der Waals surface area contributed by atoms with E-state index in [0.29, 0.717) is 17.5 Å². The third-order valence-electron chi connectivity index (χ3n) is 9.76. The summed E-state index contributed by atoms with van der Waals surface area (Å²) in [6, 6.07) is 60.9. The van der Waals surface area contributed by atoms with Gasteiger partial charge in [0.05, 0.1) is 0 Å². The molecule has 0 spiro atoms. The Morgan fingerprint density at radius 1 is 0.294 bits per heavy atom. The number of fused-ring (bicyclic) bond motifs is 3. The van der Waals surface area contributed by atoms with E-state index in [2.05, 4.69) is 115 Å². The summed E-state index contributed by atoms with van der Waals surface area (Å²) in [5.41, 5.74) is 9.61. The molecular weight excluding hydrogens is 623 g/mol. The summed E-state index contributed by atoms with van der Waals surface area (Å²) in [6.07, 6.45) is 0. The van der Waals surface area contributed by atoms with Crippen LogP contribution in [0, 0.1) is 0 Å². The summed E-state index contributed by atoms with van der Waals surface area (Å²) in [6.45, 7) is 0. The molecule has 1 aliphatic heterocycles. The standard InChI is InChI=1S/C47H29N3O/c1-4-14-30(15-5-1)33-28-29-42-43-37(33)22-12-23-38(43)40-25-13-24-39(44(40)51-42)36-26-27-41(35-21-11-10-20-34(35)36)47-49-45(31-16-6-2-7-17-31)48-46(50-47)32-18-8-3-9-19-32/h1-29H. The minimum Gasteiger partial charge on any atom is -0.455 e. The Bertz CT molecular complexity index is 2700. The van der Waals surface area contributed by atoms with Gasteiger partial charge in [0, 0.05) is 33.2 Å². The number of hydrogen-bond donors (Lipinski definition) is 0. The van der Waals surface area contributed by atoms with Crippen LogP contribution in [0.4, 0.5) is 0 Å². The van der Waals surface area contributed by atoms with Crippen LogP contribution < -0.4 is 4.74 Å². The molecule has 0 fully saturated rings. The smallest absolute Gasteiger partial charge is 0.164 e. The van der Waals surface area contributed by atoms with Crippen molar-refractivity contribution in [2.45, 2.75) is 0 Å². The zero-order valence-corrected chi connectivity index (χ0v) is 27.5. The summed E-state index contributed by atoms with van der Waals surface area (Å²) in [4.78, 5) is 15.0. The zero-order valence-electron chi connectivity index (χ0n) is 27.5. The molecule has 9 aromatic rings. The molecule has 0 N–H and O–H groups in total. The first-order valence-electron chi connectivity index (χ1n) is 17.1. The van der Waals surface area contributed by atoms with Crippen molar-refractivity contribution in [3.63, 3.8) is 0 Å². The predicted octanol–water partition coefficient (Wildman–Crippen LogP) is 12.3. The van der Waals surface area contributed by atoms with Crippen LogP contribution in [0.5, 0.6) is 11.5 Å². The third-order valence-corrected chi connectivity index (χ3v) is 9.76. The second-order valence-corrected chi connectivity index (χ2v) is 12.7. The number of hydrogen-bond acceptors (Lipinski definition) is 4. The van der Waals surface area contributed by atoms with Gasteiger partial charge in [0.15, 0.2) is 17.5 Å². The highest BCUT2D eigenvalue weighted by molar-refractivity contribution is 6.12. The third kappa shape index (κ3) is 4.88. The first-order chi connectivity index (χ1) is 25.3. The van der Waals surface area contributed by atoms with Gasteiger partial charge in [-0.2, -0.15) is 0 Å². The van der Waals surface area contributed by atoms with Crippen molar-refractivity contribution >= 4 is 21.5 Å². The fraction of sp³-hybridized carbons (Fsp3) is 0. The van der Waals surface area contributed by atoms with E-state index < -0.39 is 0 Å². The van der Waals surface area contributed by atoms with Gasteiger partial charge in [0.1, 0.15) is 11.5 Å². The lowest BCUT2D eigenvalue weighted by molar-refractivity contribution is 0.489. The van der Waals surface area contributed by atoms with Gasteiger partial charge in [-0.15, -0.1) is 0 Å². The highest BCUT2D eigenvalue weighted by Crippen LogP contribution is 2.52. The minimum atomic E-state index is 0.631. The second kappa shape index (κ2) is 11.9. The number of benzene rings is 8. The Kier molecular flexibility index (Phi) is 6.78. The quantitative estimate of drug-likeness (QED) is 0.186. The van der Waals surface area contributed by atoms with E-state index in [0.717, 1.165) is 61.0 Å². The molecule has 0 unspecified atom stereocenters. The second-order valence-electron chi connectivity index (χ2n) is 12.7. The van der Waals surface area contributed by atoms with Crippen LogP contribution in [0.2, 0.25) is 0 Å². The van der Waals surface area contributed by atoms with Gasteiger partial charge in [-0.05, 0) is 50.5 Å². The summed E-state index contributed by atoms with van der Waals surface area (Å²) in [7, 11) is 0. The maximum Gasteiger partial charge on any atom is 0.164 e. The van der Waals surface area contributed by atoms with E-state index in [-0.39, 0.29) is 0 Å². The average Bonchev–Trinajstić information content (AvgIpc) is 3.21. The molecule has 10 rings (SSSR count). The van der Waals surface area contributed by atoms with Crippen molar-refractivity contribution in [2.24, 2.45) is 0 Å². The van der Waals surface area contributed by atoms with Crippen molar-refractivity contribution in [3.05, 3.63) is 176 Å². The topological polar surface area (TPSA) is 47.9 Å². The van der Waals surface area contributed by atoms with Gasteiger partial charge in [-0.3, -0.25) is 0 Å². The van der Waals surface area contributed by atoms with Crippen molar-refractivity contribution in [3.8, 4) is 79.0 Å². The van der Waals surface area contributed by atoms with Gasteiger partial charge in [-0.25, -0.2) is 15.0 Å². The van der Waals surface area contributed by atoms with E-state index in [1.54, 1.807) is 0 Å². The average molecular weight is 652 g/mol. The molecule has 0 atom stereocenters. The summed E-state index contributed by atoms with van der Waals surface area (Å²) < 4.78 is 6.89. The fourth-order valence-electron chi connectivity index (χ4n) is 7.39. The number of ether oxygens (including phenoxy) is 1.